The minimum Gasteiger partial charge on any atom is -0.372 e. The highest BCUT2D eigenvalue weighted by Crippen LogP contribution is 2.32. The average molecular weight is 492 g/mol. The number of carbonyl (C=O) groups is 1. The molecule has 1 aromatic heterocycles. The molecule has 2 aromatic carbocycles. The van der Waals surface area contributed by atoms with Gasteiger partial charge in [0.15, 0.2) is 11.0 Å². The SMILES string of the molecule is CCN(CC)c1ccc(-c2nnc(SC(C)C(=O)Nc3c(Cl)cccc3Cl)n2CC)cc1. The van der Waals surface area contributed by atoms with Crippen LogP contribution in [0.15, 0.2) is 47.6 Å². The molecule has 32 heavy (non-hydrogen) atoms. The second kappa shape index (κ2) is 11.1. The number of aromatic nitrogens is 3. The Morgan fingerprint density at radius 2 is 1.69 bits per heavy atom. The van der Waals surface area contributed by atoms with Crippen LogP contribution in [0.2, 0.25) is 10.0 Å². The van der Waals surface area contributed by atoms with Crippen molar-refractivity contribution >= 4 is 52.2 Å². The van der Waals surface area contributed by atoms with Gasteiger partial charge in [-0.3, -0.25) is 4.79 Å². The van der Waals surface area contributed by atoms with Crippen molar-refractivity contribution in [2.75, 3.05) is 23.3 Å². The molecule has 1 N–H and O–H groups in total. The Hall–Kier alpha value is -2.22. The van der Waals surface area contributed by atoms with Gasteiger partial charge in [-0.1, -0.05) is 41.0 Å². The van der Waals surface area contributed by atoms with Gasteiger partial charge in [0.2, 0.25) is 5.91 Å². The van der Waals surface area contributed by atoms with Gasteiger partial charge in [0.25, 0.3) is 0 Å². The van der Waals surface area contributed by atoms with Gasteiger partial charge in [0, 0.05) is 30.9 Å². The summed E-state index contributed by atoms with van der Waals surface area (Å²) in [7, 11) is 0. The topological polar surface area (TPSA) is 63.1 Å². The largest absolute Gasteiger partial charge is 0.372 e. The minimum atomic E-state index is -0.422. The average Bonchev–Trinajstić information content (AvgIpc) is 3.20. The number of hydrogen-bond acceptors (Lipinski definition) is 5. The molecule has 6 nitrogen and oxygen atoms in total. The predicted molar refractivity (Wildman–Crippen MR) is 135 cm³/mol. The monoisotopic (exact) mass is 491 g/mol. The summed E-state index contributed by atoms with van der Waals surface area (Å²) < 4.78 is 2.02. The van der Waals surface area contributed by atoms with Crippen LogP contribution in [0.3, 0.4) is 0 Å². The Labute approximate surface area is 203 Å². The number of para-hydroxylation sites is 1. The third kappa shape index (κ3) is 5.39. The molecule has 0 aliphatic rings. The van der Waals surface area contributed by atoms with Crippen LogP contribution in [0, 0.1) is 0 Å². The maximum Gasteiger partial charge on any atom is 0.237 e. The maximum absolute atomic E-state index is 12.7. The van der Waals surface area contributed by atoms with Crippen molar-refractivity contribution in [2.24, 2.45) is 0 Å². The fraction of sp³-hybridized carbons (Fsp3) is 0.348. The number of nitrogens with zero attached hydrogens (tertiary/aromatic N) is 4. The normalized spacial score (nSPS) is 11.9. The molecule has 1 unspecified atom stereocenters. The van der Waals surface area contributed by atoms with Crippen LogP contribution in [0.5, 0.6) is 0 Å². The van der Waals surface area contributed by atoms with Crippen molar-refractivity contribution in [1.82, 2.24) is 14.8 Å². The third-order valence-electron chi connectivity index (χ3n) is 5.15. The molecule has 1 heterocycles. The number of nitrogens with one attached hydrogen (secondary N) is 1. The number of halogens is 2. The summed E-state index contributed by atoms with van der Waals surface area (Å²) in [6.07, 6.45) is 0. The molecule has 170 valence electrons. The molecular weight excluding hydrogens is 465 g/mol. The van der Waals surface area contributed by atoms with Gasteiger partial charge >= 0.3 is 0 Å². The van der Waals surface area contributed by atoms with Gasteiger partial charge in [-0.05, 0) is 64.1 Å². The molecule has 1 atom stereocenters. The van der Waals surface area contributed by atoms with Gasteiger partial charge in [-0.15, -0.1) is 10.2 Å². The van der Waals surface area contributed by atoms with E-state index in [0.29, 0.717) is 27.4 Å². The van der Waals surface area contributed by atoms with Crippen molar-refractivity contribution in [1.29, 1.82) is 0 Å². The quantitative estimate of drug-likeness (QED) is 0.359. The summed E-state index contributed by atoms with van der Waals surface area (Å²) >= 11 is 13.7. The molecule has 0 saturated carbocycles. The fourth-order valence-electron chi connectivity index (χ4n) is 3.34. The Morgan fingerprint density at radius 1 is 1.06 bits per heavy atom. The van der Waals surface area contributed by atoms with Crippen LogP contribution < -0.4 is 10.2 Å². The molecule has 0 fully saturated rings. The summed E-state index contributed by atoms with van der Waals surface area (Å²) in [6.45, 7) is 10.8. The third-order valence-corrected chi connectivity index (χ3v) is 6.86. The Balaban J connectivity index is 1.76. The van der Waals surface area contributed by atoms with Crippen LogP contribution in [-0.2, 0) is 11.3 Å². The number of benzene rings is 2. The zero-order valence-corrected chi connectivity index (χ0v) is 20.9. The first-order chi connectivity index (χ1) is 15.4. The number of rotatable bonds is 9. The maximum atomic E-state index is 12.7. The number of amides is 1. The van der Waals surface area contributed by atoms with Gasteiger partial charge in [0.1, 0.15) is 0 Å². The van der Waals surface area contributed by atoms with Crippen LogP contribution in [0.4, 0.5) is 11.4 Å². The first-order valence-corrected chi connectivity index (χ1v) is 12.2. The number of thioether (sulfide) groups is 1. The van der Waals surface area contributed by atoms with Gasteiger partial charge < -0.3 is 14.8 Å². The first kappa shape index (κ1) is 24.4. The minimum absolute atomic E-state index is 0.208. The summed E-state index contributed by atoms with van der Waals surface area (Å²) in [5.41, 5.74) is 2.58. The lowest BCUT2D eigenvalue weighted by atomic mass is 10.2. The van der Waals surface area contributed by atoms with Gasteiger partial charge in [0.05, 0.1) is 21.0 Å². The molecule has 0 saturated heterocycles. The lowest BCUT2D eigenvalue weighted by molar-refractivity contribution is -0.115. The van der Waals surface area contributed by atoms with Crippen molar-refractivity contribution in [3.8, 4) is 11.4 Å². The lowest BCUT2D eigenvalue weighted by Gasteiger charge is -2.21. The van der Waals surface area contributed by atoms with E-state index in [0.717, 1.165) is 24.5 Å². The van der Waals surface area contributed by atoms with E-state index < -0.39 is 5.25 Å². The van der Waals surface area contributed by atoms with Crippen LogP contribution in [0.1, 0.15) is 27.7 Å². The number of hydrogen-bond donors (Lipinski definition) is 1. The van der Waals surface area contributed by atoms with E-state index in [9.17, 15) is 4.79 Å². The summed E-state index contributed by atoms with van der Waals surface area (Å²) in [5.74, 6) is 0.573. The van der Waals surface area contributed by atoms with E-state index in [1.165, 1.54) is 17.4 Å². The Kier molecular flexibility index (Phi) is 8.45. The molecule has 3 aromatic rings. The van der Waals surface area contributed by atoms with E-state index in [2.05, 4.69) is 58.5 Å². The molecule has 0 aliphatic carbocycles. The van der Waals surface area contributed by atoms with Crippen LogP contribution >= 0.6 is 35.0 Å². The van der Waals surface area contributed by atoms with Crippen molar-refractivity contribution in [3.05, 3.63) is 52.5 Å². The van der Waals surface area contributed by atoms with Crippen molar-refractivity contribution in [3.63, 3.8) is 0 Å². The molecular formula is C23H27Cl2N5OS. The Bertz CT molecular complexity index is 1050. The zero-order chi connectivity index (χ0) is 23.3. The van der Waals surface area contributed by atoms with Gasteiger partial charge in [-0.2, -0.15) is 0 Å². The van der Waals surface area contributed by atoms with E-state index in [1.54, 1.807) is 18.2 Å². The molecule has 0 radical (unpaired) electrons. The molecule has 0 spiro atoms. The summed E-state index contributed by atoms with van der Waals surface area (Å²) in [6, 6.07) is 13.4. The molecule has 0 bridgehead atoms. The highest BCUT2D eigenvalue weighted by molar-refractivity contribution is 8.00. The van der Waals surface area contributed by atoms with E-state index in [-0.39, 0.29) is 5.91 Å². The summed E-state index contributed by atoms with van der Waals surface area (Å²) in [5, 5.41) is 12.6. The predicted octanol–water partition coefficient (Wildman–Crippen LogP) is 6.24. The molecule has 3 rings (SSSR count). The highest BCUT2D eigenvalue weighted by atomic mass is 35.5. The van der Waals surface area contributed by atoms with E-state index in [1.807, 2.05) is 18.4 Å². The molecule has 9 heteroatoms. The molecule has 0 aliphatic heterocycles. The fourth-order valence-corrected chi connectivity index (χ4v) is 4.74. The highest BCUT2D eigenvalue weighted by Gasteiger charge is 2.22. The van der Waals surface area contributed by atoms with Gasteiger partial charge in [-0.25, -0.2) is 0 Å². The van der Waals surface area contributed by atoms with E-state index >= 15 is 0 Å². The van der Waals surface area contributed by atoms with Crippen molar-refractivity contribution in [2.45, 2.75) is 44.6 Å². The first-order valence-electron chi connectivity index (χ1n) is 10.6. The van der Waals surface area contributed by atoms with Crippen LogP contribution in [-0.4, -0.2) is 39.0 Å². The zero-order valence-electron chi connectivity index (χ0n) is 18.6. The number of carbonyl (C=O) groups excluding carboxylic acids is 1. The second-order valence-corrected chi connectivity index (χ2v) is 9.24. The summed E-state index contributed by atoms with van der Waals surface area (Å²) in [4.78, 5) is 15.0. The second-order valence-electron chi connectivity index (χ2n) is 7.12. The molecule has 1 amide bonds. The smallest absolute Gasteiger partial charge is 0.237 e. The Morgan fingerprint density at radius 3 is 2.25 bits per heavy atom. The van der Waals surface area contributed by atoms with E-state index in [4.69, 9.17) is 23.2 Å². The standard InChI is InChI=1S/C23H27Cl2N5OS/c1-5-29(6-2)17-13-11-16(12-14-17)21-27-28-23(30(21)7-3)32-15(4)22(31)26-20-18(24)9-8-10-19(20)25/h8-15H,5-7H2,1-4H3,(H,26,31). The van der Waals surface area contributed by atoms with Crippen LogP contribution in [0.25, 0.3) is 11.4 Å². The number of anilines is 2. The lowest BCUT2D eigenvalue weighted by Crippen LogP contribution is -2.23. The van der Waals surface area contributed by atoms with Crippen molar-refractivity contribution < 1.29 is 4.79 Å².